The Hall–Kier alpha value is -1.55. The zero-order valence-electron chi connectivity index (χ0n) is 11.1. The molecule has 1 aliphatic rings. The number of carbonyl (C=O) groups excluding carboxylic acids is 1. The van der Waals surface area contributed by atoms with E-state index in [1.807, 2.05) is 0 Å². The Kier molecular flexibility index (Phi) is 3.42. The van der Waals surface area contributed by atoms with Crippen LogP contribution in [0.25, 0.3) is 10.9 Å². The Balaban J connectivity index is 2.16. The first kappa shape index (κ1) is 13.4. The van der Waals surface area contributed by atoms with Crippen molar-refractivity contribution in [2.24, 2.45) is 0 Å². The summed E-state index contributed by atoms with van der Waals surface area (Å²) in [5, 5.41) is 0.833. The van der Waals surface area contributed by atoms with E-state index >= 15 is 0 Å². The van der Waals surface area contributed by atoms with Crippen molar-refractivity contribution >= 4 is 28.5 Å². The molecule has 5 heteroatoms. The highest BCUT2D eigenvalue weighted by molar-refractivity contribution is 6.36. The quantitative estimate of drug-likeness (QED) is 0.853. The first-order chi connectivity index (χ1) is 9.63. The number of carbonyl (C=O) groups is 1. The molecular formula is C15H15ClFNO2. The summed E-state index contributed by atoms with van der Waals surface area (Å²) >= 11 is 6.08. The summed E-state index contributed by atoms with van der Waals surface area (Å²) in [5.74, 6) is -0.957. The summed E-state index contributed by atoms with van der Waals surface area (Å²) in [6, 6.07) is 3.00. The van der Waals surface area contributed by atoms with Crippen LogP contribution in [-0.2, 0) is 16.0 Å². The van der Waals surface area contributed by atoms with Gasteiger partial charge in [-0.3, -0.25) is 4.79 Å². The number of aryl methyl sites for hydroxylation is 1. The Morgan fingerprint density at radius 1 is 1.55 bits per heavy atom. The second kappa shape index (κ2) is 5.09. The van der Waals surface area contributed by atoms with Gasteiger partial charge >= 0.3 is 5.97 Å². The molecule has 0 spiro atoms. The molecule has 1 heterocycles. The van der Waals surface area contributed by atoms with E-state index in [4.69, 9.17) is 16.3 Å². The first-order valence-corrected chi connectivity index (χ1v) is 7.16. The van der Waals surface area contributed by atoms with Gasteiger partial charge in [0.2, 0.25) is 0 Å². The molecule has 2 aromatic rings. The van der Waals surface area contributed by atoms with E-state index in [9.17, 15) is 9.18 Å². The molecule has 1 unspecified atom stereocenters. The minimum absolute atomic E-state index is 0.129. The Labute approximate surface area is 121 Å². The predicted molar refractivity (Wildman–Crippen MR) is 75.6 cm³/mol. The van der Waals surface area contributed by atoms with E-state index in [1.165, 1.54) is 6.07 Å². The van der Waals surface area contributed by atoms with E-state index in [1.54, 1.807) is 13.0 Å². The number of halogens is 2. The Morgan fingerprint density at radius 3 is 3.10 bits per heavy atom. The molecule has 3 rings (SSSR count). The van der Waals surface area contributed by atoms with E-state index in [0.717, 1.165) is 36.0 Å². The van der Waals surface area contributed by atoms with Gasteiger partial charge in [0, 0.05) is 16.6 Å². The summed E-state index contributed by atoms with van der Waals surface area (Å²) in [4.78, 5) is 15.3. The van der Waals surface area contributed by atoms with Gasteiger partial charge in [-0.05, 0) is 43.9 Å². The van der Waals surface area contributed by atoms with Crippen molar-refractivity contribution in [3.05, 3.63) is 34.2 Å². The number of H-pyrrole nitrogens is 1. The van der Waals surface area contributed by atoms with Crippen molar-refractivity contribution in [3.63, 3.8) is 0 Å². The average Bonchev–Trinajstić information content (AvgIpc) is 2.82. The number of aromatic nitrogens is 1. The molecule has 0 bridgehead atoms. The number of fused-ring (bicyclic) bond motifs is 3. The molecule has 1 aromatic carbocycles. The SMILES string of the molecule is CCOC(=O)C1CCCc2c1[nH]c1ccc(F)c(Cl)c21. The highest BCUT2D eigenvalue weighted by atomic mass is 35.5. The summed E-state index contributed by atoms with van der Waals surface area (Å²) in [5.41, 5.74) is 2.56. The van der Waals surface area contributed by atoms with Gasteiger partial charge < -0.3 is 9.72 Å². The third-order valence-corrected chi connectivity index (χ3v) is 4.20. The van der Waals surface area contributed by atoms with E-state index in [2.05, 4.69) is 4.98 Å². The van der Waals surface area contributed by atoms with Gasteiger partial charge in [-0.1, -0.05) is 11.6 Å². The maximum atomic E-state index is 13.6. The van der Waals surface area contributed by atoms with Crippen LogP contribution in [0.4, 0.5) is 4.39 Å². The van der Waals surface area contributed by atoms with Crippen LogP contribution in [0, 0.1) is 5.82 Å². The Bertz CT molecular complexity index is 680. The van der Waals surface area contributed by atoms with Crippen LogP contribution < -0.4 is 0 Å². The zero-order valence-corrected chi connectivity index (χ0v) is 11.9. The fraction of sp³-hybridized carbons (Fsp3) is 0.400. The van der Waals surface area contributed by atoms with Crippen molar-refractivity contribution in [3.8, 4) is 0 Å². The number of rotatable bonds is 2. The van der Waals surface area contributed by atoms with Crippen LogP contribution in [0.3, 0.4) is 0 Å². The lowest BCUT2D eigenvalue weighted by Gasteiger charge is -2.21. The van der Waals surface area contributed by atoms with Crippen LogP contribution in [0.15, 0.2) is 12.1 Å². The molecule has 1 aromatic heterocycles. The molecule has 0 saturated carbocycles. The van der Waals surface area contributed by atoms with Crippen LogP contribution in [-0.4, -0.2) is 17.6 Å². The molecule has 1 aliphatic carbocycles. The fourth-order valence-electron chi connectivity index (χ4n) is 2.97. The minimum Gasteiger partial charge on any atom is -0.465 e. The smallest absolute Gasteiger partial charge is 0.314 e. The van der Waals surface area contributed by atoms with Crippen LogP contribution in [0.1, 0.15) is 36.9 Å². The molecule has 0 amide bonds. The number of nitrogens with one attached hydrogen (secondary N) is 1. The lowest BCUT2D eigenvalue weighted by Crippen LogP contribution is -2.20. The third kappa shape index (κ3) is 1.99. The molecule has 1 N–H and O–H groups in total. The number of benzene rings is 1. The number of ether oxygens (including phenoxy) is 1. The van der Waals surface area contributed by atoms with Gasteiger partial charge in [0.05, 0.1) is 17.5 Å². The standard InChI is InChI=1S/C15H15ClFNO2/c1-2-20-15(19)9-5-3-4-8-12-11(18-14(8)9)7-6-10(17)13(12)16/h6-7,9,18H,2-5H2,1H3. The lowest BCUT2D eigenvalue weighted by atomic mass is 9.87. The monoisotopic (exact) mass is 295 g/mol. The topological polar surface area (TPSA) is 42.1 Å². The summed E-state index contributed by atoms with van der Waals surface area (Å²) in [7, 11) is 0. The zero-order chi connectivity index (χ0) is 14.3. The maximum Gasteiger partial charge on any atom is 0.314 e. The molecule has 0 radical (unpaired) electrons. The second-order valence-electron chi connectivity index (χ2n) is 5.00. The highest BCUT2D eigenvalue weighted by Crippen LogP contribution is 2.40. The van der Waals surface area contributed by atoms with Crippen LogP contribution in [0.2, 0.25) is 5.02 Å². The summed E-state index contributed by atoms with van der Waals surface area (Å²) < 4.78 is 18.8. The normalized spacial score (nSPS) is 18.1. The molecule has 20 heavy (non-hydrogen) atoms. The number of hydrogen-bond donors (Lipinski definition) is 1. The molecule has 1 atom stereocenters. The molecule has 0 aliphatic heterocycles. The molecular weight excluding hydrogens is 281 g/mol. The number of esters is 1. The summed E-state index contributed by atoms with van der Waals surface area (Å²) in [6.45, 7) is 2.15. The van der Waals surface area contributed by atoms with Gasteiger partial charge in [0.15, 0.2) is 0 Å². The highest BCUT2D eigenvalue weighted by Gasteiger charge is 2.31. The third-order valence-electron chi connectivity index (χ3n) is 3.83. The van der Waals surface area contributed by atoms with E-state index in [-0.39, 0.29) is 16.9 Å². The maximum absolute atomic E-state index is 13.6. The number of aromatic amines is 1. The van der Waals surface area contributed by atoms with Crippen molar-refractivity contribution < 1.29 is 13.9 Å². The van der Waals surface area contributed by atoms with Gasteiger partial charge in [0.25, 0.3) is 0 Å². The van der Waals surface area contributed by atoms with Crippen molar-refractivity contribution in [2.75, 3.05) is 6.61 Å². The van der Waals surface area contributed by atoms with Crippen molar-refractivity contribution in [2.45, 2.75) is 32.1 Å². The molecule has 0 fully saturated rings. The fourth-order valence-corrected chi connectivity index (χ4v) is 3.25. The van der Waals surface area contributed by atoms with Gasteiger partial charge in [-0.2, -0.15) is 0 Å². The summed E-state index contributed by atoms with van der Waals surface area (Å²) in [6.07, 6.45) is 2.42. The average molecular weight is 296 g/mol. The lowest BCUT2D eigenvalue weighted by molar-refractivity contribution is -0.145. The Morgan fingerprint density at radius 2 is 2.35 bits per heavy atom. The van der Waals surface area contributed by atoms with Crippen molar-refractivity contribution in [1.29, 1.82) is 0 Å². The van der Waals surface area contributed by atoms with E-state index < -0.39 is 5.82 Å². The number of hydrogen-bond acceptors (Lipinski definition) is 2. The molecule has 106 valence electrons. The van der Waals surface area contributed by atoms with Gasteiger partial charge in [-0.25, -0.2) is 4.39 Å². The largest absolute Gasteiger partial charge is 0.465 e. The predicted octanol–water partition coefficient (Wildman–Crippen LogP) is 3.94. The van der Waals surface area contributed by atoms with Gasteiger partial charge in [-0.15, -0.1) is 0 Å². The van der Waals surface area contributed by atoms with Crippen LogP contribution in [0.5, 0.6) is 0 Å². The molecule has 0 saturated heterocycles. The van der Waals surface area contributed by atoms with E-state index in [0.29, 0.717) is 12.0 Å². The molecule has 3 nitrogen and oxygen atoms in total. The van der Waals surface area contributed by atoms with Gasteiger partial charge in [0.1, 0.15) is 5.82 Å². The first-order valence-electron chi connectivity index (χ1n) is 6.78. The minimum atomic E-state index is -0.431. The van der Waals surface area contributed by atoms with Crippen molar-refractivity contribution in [1.82, 2.24) is 4.98 Å². The second-order valence-corrected chi connectivity index (χ2v) is 5.38. The van der Waals surface area contributed by atoms with Crippen LogP contribution >= 0.6 is 11.6 Å².